The van der Waals surface area contributed by atoms with Crippen LogP contribution < -0.4 is 0 Å². The highest BCUT2D eigenvalue weighted by atomic mass is 32.2. The number of sulfonamides is 1. The van der Waals surface area contributed by atoms with Gasteiger partial charge in [0.15, 0.2) is 11.5 Å². The first kappa shape index (κ1) is 16.7. The zero-order valence-corrected chi connectivity index (χ0v) is 15.6. The van der Waals surface area contributed by atoms with Crippen LogP contribution in [0.1, 0.15) is 31.5 Å². The summed E-state index contributed by atoms with van der Waals surface area (Å²) >= 11 is 1.69. The van der Waals surface area contributed by atoms with Crippen LogP contribution in [0.3, 0.4) is 0 Å². The third-order valence-corrected chi connectivity index (χ3v) is 7.43. The summed E-state index contributed by atoms with van der Waals surface area (Å²) in [7, 11) is -3.16. The van der Waals surface area contributed by atoms with Crippen LogP contribution in [0.5, 0.6) is 0 Å². The van der Waals surface area contributed by atoms with E-state index in [-0.39, 0.29) is 11.7 Å². The largest absolute Gasteiger partial charge is 0.220 e. The van der Waals surface area contributed by atoms with E-state index in [4.69, 9.17) is 0 Å². The zero-order chi connectivity index (χ0) is 17.4. The number of rotatable bonds is 4. The predicted molar refractivity (Wildman–Crippen MR) is 99.3 cm³/mol. The lowest BCUT2D eigenvalue weighted by Crippen LogP contribution is -2.40. The van der Waals surface area contributed by atoms with Gasteiger partial charge >= 0.3 is 0 Å². The van der Waals surface area contributed by atoms with Crippen LogP contribution in [0.2, 0.25) is 0 Å². The van der Waals surface area contributed by atoms with Gasteiger partial charge in [0.2, 0.25) is 10.0 Å². The second-order valence-corrected chi connectivity index (χ2v) is 9.47. The van der Waals surface area contributed by atoms with Crippen molar-refractivity contribution in [3.05, 3.63) is 41.7 Å². The number of hydrogen-bond acceptors (Lipinski definition) is 5. The van der Waals surface area contributed by atoms with Gasteiger partial charge in [0.05, 0.1) is 5.75 Å². The van der Waals surface area contributed by atoms with Crippen molar-refractivity contribution < 1.29 is 8.42 Å². The predicted octanol–water partition coefficient (Wildman–Crippen LogP) is 2.99. The van der Waals surface area contributed by atoms with Crippen molar-refractivity contribution in [1.82, 2.24) is 18.9 Å². The highest BCUT2D eigenvalue weighted by Gasteiger charge is 2.30. The van der Waals surface area contributed by atoms with Crippen LogP contribution in [-0.4, -0.2) is 46.2 Å². The summed E-state index contributed by atoms with van der Waals surface area (Å²) in [6, 6.07) is 8.13. The molecule has 3 aromatic heterocycles. The molecule has 0 amide bonds. The lowest BCUT2D eigenvalue weighted by atomic mass is 9.99. The van der Waals surface area contributed by atoms with Crippen LogP contribution in [-0.2, 0) is 10.0 Å². The van der Waals surface area contributed by atoms with E-state index in [1.807, 2.05) is 24.4 Å². The summed E-state index contributed by atoms with van der Waals surface area (Å²) in [6.45, 7) is 2.77. The van der Waals surface area contributed by atoms with Gasteiger partial charge in [0.1, 0.15) is 0 Å². The Hall–Kier alpha value is -1.77. The van der Waals surface area contributed by atoms with Gasteiger partial charge in [0, 0.05) is 35.6 Å². The number of fused-ring (bicyclic) bond motifs is 1. The molecule has 1 unspecified atom stereocenters. The molecule has 8 heteroatoms. The van der Waals surface area contributed by atoms with E-state index in [1.165, 1.54) is 4.88 Å². The molecule has 25 heavy (non-hydrogen) atoms. The molecule has 0 aromatic carbocycles. The van der Waals surface area contributed by atoms with Crippen LogP contribution in [0.25, 0.3) is 16.1 Å². The molecule has 1 saturated heterocycles. The maximum absolute atomic E-state index is 12.2. The van der Waals surface area contributed by atoms with Gasteiger partial charge in [-0.25, -0.2) is 22.2 Å². The molecule has 3 aromatic rings. The molecule has 1 aliphatic rings. The minimum Gasteiger partial charge on any atom is -0.220 e. The van der Waals surface area contributed by atoms with Crippen molar-refractivity contribution >= 4 is 27.0 Å². The van der Waals surface area contributed by atoms with Gasteiger partial charge in [-0.1, -0.05) is 6.07 Å². The van der Waals surface area contributed by atoms with E-state index in [1.54, 1.807) is 27.1 Å². The van der Waals surface area contributed by atoms with Gasteiger partial charge in [0.25, 0.3) is 0 Å². The first-order valence-electron chi connectivity index (χ1n) is 8.45. The Kier molecular flexibility index (Phi) is 4.35. The lowest BCUT2D eigenvalue weighted by Gasteiger charge is -2.30. The maximum Gasteiger partial charge on any atom is 0.213 e. The van der Waals surface area contributed by atoms with E-state index in [2.05, 4.69) is 21.5 Å². The summed E-state index contributed by atoms with van der Waals surface area (Å²) < 4.78 is 27.7. The third kappa shape index (κ3) is 3.21. The first-order chi connectivity index (χ1) is 12.1. The number of thiophene rings is 1. The molecule has 4 rings (SSSR count). The van der Waals surface area contributed by atoms with Crippen LogP contribution in [0.15, 0.2) is 35.8 Å². The Bertz CT molecular complexity index is 979. The minimum absolute atomic E-state index is 0.0557. The molecule has 132 valence electrons. The Morgan fingerprint density at radius 1 is 1.32 bits per heavy atom. The van der Waals surface area contributed by atoms with Crippen molar-refractivity contribution in [3.63, 3.8) is 0 Å². The summed E-state index contributed by atoms with van der Waals surface area (Å²) in [5.74, 6) is 0.933. The molecule has 0 saturated carbocycles. The number of aromatic nitrogens is 3. The van der Waals surface area contributed by atoms with Crippen LogP contribution >= 0.6 is 11.3 Å². The summed E-state index contributed by atoms with van der Waals surface area (Å²) in [6.07, 6.45) is 3.76. The average Bonchev–Trinajstić information content (AvgIpc) is 3.30. The first-order valence-corrected chi connectivity index (χ1v) is 10.9. The standard InChI is InChI=1S/C17H20N4O2S2/c1-2-25(22,23)20-9-3-5-14(11-20)17-18-16-8-7-13(12-21(16)19-17)15-6-4-10-24-15/h4,6-8,10,12,14H,2-3,5,9,11H2,1H3. The number of piperidine rings is 1. The second kappa shape index (κ2) is 6.51. The van der Waals surface area contributed by atoms with Gasteiger partial charge in [-0.2, -0.15) is 5.10 Å². The van der Waals surface area contributed by atoms with Crippen LogP contribution in [0, 0.1) is 0 Å². The van der Waals surface area contributed by atoms with Crippen molar-refractivity contribution in [2.45, 2.75) is 25.7 Å². The van der Waals surface area contributed by atoms with Gasteiger partial charge in [-0.15, -0.1) is 11.3 Å². The molecule has 0 aliphatic carbocycles. The molecule has 0 radical (unpaired) electrons. The van der Waals surface area contributed by atoms with Crippen molar-refractivity contribution in [1.29, 1.82) is 0 Å². The molecule has 0 N–H and O–H groups in total. The summed E-state index contributed by atoms with van der Waals surface area (Å²) in [5.41, 5.74) is 1.91. The van der Waals surface area contributed by atoms with Crippen molar-refractivity contribution in [2.24, 2.45) is 0 Å². The molecule has 4 heterocycles. The highest BCUT2D eigenvalue weighted by Crippen LogP contribution is 2.28. The Labute approximate surface area is 151 Å². The van der Waals surface area contributed by atoms with E-state index in [0.717, 1.165) is 29.9 Å². The van der Waals surface area contributed by atoms with E-state index in [0.29, 0.717) is 13.1 Å². The monoisotopic (exact) mass is 376 g/mol. The molecular formula is C17H20N4O2S2. The minimum atomic E-state index is -3.16. The van der Waals surface area contributed by atoms with Crippen LogP contribution in [0.4, 0.5) is 0 Å². The topological polar surface area (TPSA) is 67.6 Å². The van der Waals surface area contributed by atoms with Gasteiger partial charge in [-0.3, -0.25) is 0 Å². The van der Waals surface area contributed by atoms with E-state index in [9.17, 15) is 8.42 Å². The van der Waals surface area contributed by atoms with E-state index < -0.39 is 10.0 Å². The molecule has 6 nitrogen and oxygen atoms in total. The maximum atomic E-state index is 12.2. The number of hydrogen-bond donors (Lipinski definition) is 0. The molecular weight excluding hydrogens is 356 g/mol. The SMILES string of the molecule is CCS(=O)(=O)N1CCCC(c2nc3ccc(-c4cccs4)cn3n2)C1. The molecule has 0 spiro atoms. The Morgan fingerprint density at radius 3 is 2.96 bits per heavy atom. The smallest absolute Gasteiger partial charge is 0.213 e. The number of nitrogens with zero attached hydrogens (tertiary/aromatic N) is 4. The normalized spacial score (nSPS) is 19.5. The quantitative estimate of drug-likeness (QED) is 0.702. The lowest BCUT2D eigenvalue weighted by molar-refractivity contribution is 0.309. The third-order valence-electron chi connectivity index (χ3n) is 4.66. The fraction of sp³-hybridized carbons (Fsp3) is 0.412. The fourth-order valence-corrected chi connectivity index (χ4v) is 5.15. The molecule has 1 fully saturated rings. The highest BCUT2D eigenvalue weighted by molar-refractivity contribution is 7.89. The van der Waals surface area contributed by atoms with Gasteiger partial charge in [-0.05, 0) is 43.3 Å². The zero-order valence-electron chi connectivity index (χ0n) is 14.0. The fourth-order valence-electron chi connectivity index (χ4n) is 3.25. The average molecular weight is 377 g/mol. The second-order valence-electron chi connectivity index (χ2n) is 6.27. The Morgan fingerprint density at radius 2 is 2.20 bits per heavy atom. The Balaban J connectivity index is 1.63. The van der Waals surface area contributed by atoms with Crippen molar-refractivity contribution in [3.8, 4) is 10.4 Å². The summed E-state index contributed by atoms with van der Waals surface area (Å²) in [5, 5.41) is 6.69. The molecule has 0 bridgehead atoms. The molecule has 1 aliphatic heterocycles. The summed E-state index contributed by atoms with van der Waals surface area (Å²) in [4.78, 5) is 5.83. The van der Waals surface area contributed by atoms with Crippen molar-refractivity contribution in [2.75, 3.05) is 18.8 Å². The number of pyridine rings is 1. The van der Waals surface area contributed by atoms with Gasteiger partial charge < -0.3 is 0 Å². The van der Waals surface area contributed by atoms with E-state index >= 15 is 0 Å². The molecule has 1 atom stereocenters.